The van der Waals surface area contributed by atoms with E-state index in [9.17, 15) is 9.59 Å². The van der Waals surface area contributed by atoms with E-state index in [-0.39, 0.29) is 47.3 Å². The number of nitrogens with two attached hydrogens (primary N) is 2. The van der Waals surface area contributed by atoms with Gasteiger partial charge in [0, 0.05) is 18.1 Å². The van der Waals surface area contributed by atoms with Gasteiger partial charge in [-0.3, -0.25) is 9.13 Å². The highest BCUT2D eigenvalue weighted by molar-refractivity contribution is 8.00. The Hall–Kier alpha value is -2.10. The van der Waals surface area contributed by atoms with E-state index in [2.05, 4.69) is 9.97 Å². The Morgan fingerprint density at radius 3 is 2.13 bits per heavy atom. The van der Waals surface area contributed by atoms with Crippen LogP contribution in [0.5, 0.6) is 0 Å². The Kier molecular flexibility index (Phi) is 7.74. The summed E-state index contributed by atoms with van der Waals surface area (Å²) in [7, 11) is 0. The average molecular weight is 459 g/mol. The molecule has 4 heterocycles. The molecule has 4 rings (SSSR count). The number of aliphatic hydroxyl groups excluding tert-OH is 2. The molecule has 0 saturated carbocycles. The maximum atomic E-state index is 11.5. The highest BCUT2D eigenvalue weighted by atomic mass is 32.2. The summed E-state index contributed by atoms with van der Waals surface area (Å²) in [6, 6.07) is 3.11. The van der Waals surface area contributed by atoms with Crippen molar-refractivity contribution in [2.24, 2.45) is 0 Å². The standard InChI is InChI=1S/2C8H11N3O3S/c9-5-1-2-11(8(13)10-5)6-4-15-7(3-12)14-6;9-5-1-2-11(8(13)10-5)6-4-14-7(3-12)15-6/h2*1-2,6-7,12H,3-4H2,(H2,9,10,13)/t6-,7+;6-,7-/m01/s1. The van der Waals surface area contributed by atoms with Crippen LogP contribution >= 0.6 is 23.5 Å². The lowest BCUT2D eigenvalue weighted by molar-refractivity contribution is -0.00629. The topological polar surface area (TPSA) is 181 Å². The highest BCUT2D eigenvalue weighted by Crippen LogP contribution is 2.34. The maximum absolute atomic E-state index is 11.5. The first kappa shape index (κ1) is 22.6. The van der Waals surface area contributed by atoms with Crippen LogP contribution in [0.1, 0.15) is 11.6 Å². The molecule has 0 bridgehead atoms. The van der Waals surface area contributed by atoms with E-state index < -0.39 is 11.4 Å². The number of nitrogen functional groups attached to an aromatic ring is 2. The van der Waals surface area contributed by atoms with Crippen LogP contribution in [0, 0.1) is 0 Å². The summed E-state index contributed by atoms with van der Waals surface area (Å²) in [5, 5.41) is 17.6. The third-order valence-electron chi connectivity index (χ3n) is 4.09. The lowest BCUT2D eigenvalue weighted by Gasteiger charge is -2.13. The normalized spacial score (nSPS) is 25.7. The second-order valence-corrected chi connectivity index (χ2v) is 8.69. The molecular weight excluding hydrogens is 436 g/mol. The van der Waals surface area contributed by atoms with Gasteiger partial charge in [-0.25, -0.2) is 9.59 Å². The lowest BCUT2D eigenvalue weighted by atomic mass is 10.5. The van der Waals surface area contributed by atoms with Gasteiger partial charge in [0.15, 0.2) is 0 Å². The predicted octanol–water partition coefficient (Wildman–Crippen LogP) is -1.19. The summed E-state index contributed by atoms with van der Waals surface area (Å²) in [5.41, 5.74) is 9.39. The Balaban J connectivity index is 0.000000171. The number of hydrogen-bond donors (Lipinski definition) is 4. The number of aromatic nitrogens is 4. The smallest absolute Gasteiger partial charge is 0.351 e. The van der Waals surface area contributed by atoms with E-state index in [1.165, 1.54) is 32.7 Å². The summed E-state index contributed by atoms with van der Waals surface area (Å²) in [4.78, 5) is 30.1. The Morgan fingerprint density at radius 2 is 1.63 bits per heavy atom. The molecule has 2 aliphatic heterocycles. The summed E-state index contributed by atoms with van der Waals surface area (Å²) in [6.07, 6.45) is 2.77. The Bertz CT molecular complexity index is 894. The quantitative estimate of drug-likeness (QED) is 0.431. The van der Waals surface area contributed by atoms with Gasteiger partial charge in [0.2, 0.25) is 0 Å². The summed E-state index contributed by atoms with van der Waals surface area (Å²) < 4.78 is 13.5. The van der Waals surface area contributed by atoms with E-state index in [1.807, 2.05) is 0 Å². The molecule has 0 radical (unpaired) electrons. The van der Waals surface area contributed by atoms with Crippen LogP contribution < -0.4 is 22.8 Å². The molecule has 0 aromatic carbocycles. The largest absolute Gasteiger partial charge is 0.393 e. The summed E-state index contributed by atoms with van der Waals surface area (Å²) >= 11 is 2.86. The number of thioether (sulfide) groups is 2. The monoisotopic (exact) mass is 458 g/mol. The van der Waals surface area contributed by atoms with Crippen molar-refractivity contribution >= 4 is 35.2 Å². The molecule has 30 heavy (non-hydrogen) atoms. The third kappa shape index (κ3) is 5.53. The van der Waals surface area contributed by atoms with Crippen molar-refractivity contribution < 1.29 is 19.7 Å². The Labute approximate surface area is 179 Å². The van der Waals surface area contributed by atoms with Crippen LogP contribution in [-0.4, -0.2) is 65.8 Å². The number of aliphatic hydroxyl groups is 2. The molecule has 2 fully saturated rings. The van der Waals surface area contributed by atoms with Crippen molar-refractivity contribution in [3.8, 4) is 0 Å². The van der Waals surface area contributed by atoms with Crippen LogP contribution in [0.2, 0.25) is 0 Å². The molecule has 6 N–H and O–H groups in total. The molecule has 4 atom stereocenters. The maximum Gasteiger partial charge on any atom is 0.351 e. The molecule has 2 aromatic heterocycles. The number of anilines is 2. The van der Waals surface area contributed by atoms with Gasteiger partial charge in [-0.05, 0) is 12.1 Å². The van der Waals surface area contributed by atoms with Gasteiger partial charge in [0.25, 0.3) is 0 Å². The fourth-order valence-corrected chi connectivity index (χ4v) is 4.63. The average Bonchev–Trinajstić information content (AvgIpc) is 3.38. The zero-order valence-corrected chi connectivity index (χ0v) is 17.4. The van der Waals surface area contributed by atoms with Crippen molar-refractivity contribution in [2.45, 2.75) is 22.5 Å². The molecule has 0 spiro atoms. The number of hydrogen-bond acceptors (Lipinski definition) is 12. The van der Waals surface area contributed by atoms with Crippen LogP contribution in [0.25, 0.3) is 0 Å². The highest BCUT2D eigenvalue weighted by Gasteiger charge is 2.28. The number of ether oxygens (including phenoxy) is 2. The van der Waals surface area contributed by atoms with Gasteiger partial charge in [-0.2, -0.15) is 9.97 Å². The van der Waals surface area contributed by atoms with Crippen LogP contribution in [0.15, 0.2) is 34.1 Å². The van der Waals surface area contributed by atoms with Crippen molar-refractivity contribution in [3.05, 3.63) is 45.5 Å². The first-order valence-electron chi connectivity index (χ1n) is 8.86. The van der Waals surface area contributed by atoms with E-state index in [0.29, 0.717) is 12.4 Å². The predicted molar refractivity (Wildman–Crippen MR) is 113 cm³/mol. The molecular formula is C16H22N6O6S2. The van der Waals surface area contributed by atoms with Gasteiger partial charge >= 0.3 is 11.4 Å². The first-order chi connectivity index (χ1) is 14.4. The van der Waals surface area contributed by atoms with Gasteiger partial charge in [0.05, 0.1) is 19.8 Å². The van der Waals surface area contributed by atoms with Crippen LogP contribution in [0.3, 0.4) is 0 Å². The third-order valence-corrected chi connectivity index (χ3v) is 6.46. The second kappa shape index (κ2) is 10.3. The molecule has 0 aliphatic carbocycles. The molecule has 164 valence electrons. The van der Waals surface area contributed by atoms with Crippen molar-refractivity contribution in [1.29, 1.82) is 0 Å². The molecule has 0 unspecified atom stereocenters. The minimum absolute atomic E-state index is 0.0572. The fraction of sp³-hybridized carbons (Fsp3) is 0.500. The summed E-state index contributed by atoms with van der Waals surface area (Å²) in [6.45, 7) is 0.276. The molecule has 2 saturated heterocycles. The molecule has 0 amide bonds. The Morgan fingerprint density at radius 1 is 1.03 bits per heavy atom. The number of rotatable bonds is 4. The molecule has 14 heteroatoms. The van der Waals surface area contributed by atoms with Crippen molar-refractivity contribution in [1.82, 2.24) is 19.1 Å². The SMILES string of the molecule is Nc1ccn([C@@H]2CS[C@H](CO)O2)c(=O)n1.Nc1ccn([C@H]2CO[C@@H](CO)S2)c(=O)n1. The zero-order valence-electron chi connectivity index (χ0n) is 15.7. The van der Waals surface area contributed by atoms with E-state index >= 15 is 0 Å². The minimum atomic E-state index is -0.431. The van der Waals surface area contributed by atoms with E-state index in [4.69, 9.17) is 31.2 Å². The van der Waals surface area contributed by atoms with Gasteiger partial charge in [-0.1, -0.05) is 0 Å². The minimum Gasteiger partial charge on any atom is -0.393 e. The second-order valence-electron chi connectivity index (χ2n) is 6.16. The summed E-state index contributed by atoms with van der Waals surface area (Å²) in [5.74, 6) is 1.02. The molecule has 12 nitrogen and oxygen atoms in total. The molecule has 2 aromatic rings. The van der Waals surface area contributed by atoms with E-state index in [1.54, 1.807) is 24.5 Å². The van der Waals surface area contributed by atoms with Gasteiger partial charge in [0.1, 0.15) is 34.1 Å². The first-order valence-corrected chi connectivity index (χ1v) is 10.9. The van der Waals surface area contributed by atoms with Gasteiger partial charge < -0.3 is 31.2 Å². The van der Waals surface area contributed by atoms with Gasteiger partial charge in [-0.15, -0.1) is 23.5 Å². The van der Waals surface area contributed by atoms with E-state index in [0.717, 1.165) is 0 Å². The van der Waals surface area contributed by atoms with Crippen LogP contribution in [-0.2, 0) is 9.47 Å². The molecule has 2 aliphatic rings. The fourth-order valence-electron chi connectivity index (χ4n) is 2.66. The van der Waals surface area contributed by atoms with Crippen LogP contribution in [0.4, 0.5) is 11.6 Å². The van der Waals surface area contributed by atoms with Crippen molar-refractivity contribution in [2.75, 3.05) is 37.0 Å². The lowest BCUT2D eigenvalue weighted by Crippen LogP contribution is -2.28. The zero-order chi connectivity index (χ0) is 21.7. The van der Waals surface area contributed by atoms with Crippen molar-refractivity contribution in [3.63, 3.8) is 0 Å². The number of nitrogens with zero attached hydrogens (tertiary/aromatic N) is 4.